The van der Waals surface area contributed by atoms with Crippen molar-refractivity contribution in [3.8, 4) is 0 Å². The number of benzene rings is 2. The maximum absolute atomic E-state index is 12.7. The second-order valence-corrected chi connectivity index (χ2v) is 16.3. The van der Waals surface area contributed by atoms with E-state index < -0.39 is 18.1 Å². The summed E-state index contributed by atoms with van der Waals surface area (Å²) in [6.07, 6.45) is 7.84. The Balaban J connectivity index is 0.798. The van der Waals surface area contributed by atoms with Crippen LogP contribution in [-0.2, 0) is 17.6 Å². The first-order valence-corrected chi connectivity index (χ1v) is 20.1. The van der Waals surface area contributed by atoms with E-state index in [1.807, 2.05) is 24.1 Å². The van der Waals surface area contributed by atoms with Gasteiger partial charge in [0.15, 0.2) is 17.1 Å². The highest BCUT2D eigenvalue weighted by molar-refractivity contribution is 5.96. The molecule has 56 heavy (non-hydrogen) atoms. The molecular weight excluding hydrogens is 713 g/mol. The summed E-state index contributed by atoms with van der Waals surface area (Å²) >= 11 is 0. The van der Waals surface area contributed by atoms with E-state index >= 15 is 0 Å². The Kier molecular flexibility index (Phi) is 9.74. The molecule has 1 aliphatic carbocycles. The number of aliphatic hydroxyl groups is 1. The molecule has 4 fully saturated rings. The van der Waals surface area contributed by atoms with Crippen LogP contribution in [0.3, 0.4) is 0 Å². The van der Waals surface area contributed by atoms with E-state index in [0.717, 1.165) is 94.5 Å². The van der Waals surface area contributed by atoms with Crippen molar-refractivity contribution in [2.24, 2.45) is 11.7 Å². The fraction of sp³-hybridized carbons (Fsp3) is 0.512. The lowest BCUT2D eigenvalue weighted by atomic mass is 9.89. The Hall–Kier alpha value is -5.28. The number of primary amides is 1. The molecule has 0 radical (unpaired) electrons. The number of aromatic nitrogens is 3. The molecule has 294 valence electrons. The van der Waals surface area contributed by atoms with Gasteiger partial charge in [0.1, 0.15) is 17.7 Å². The van der Waals surface area contributed by atoms with Crippen LogP contribution in [0.25, 0.3) is 11.0 Å². The first-order valence-electron chi connectivity index (χ1n) is 20.1. The van der Waals surface area contributed by atoms with Gasteiger partial charge in [-0.3, -0.25) is 9.59 Å². The molecule has 5 N–H and O–H groups in total. The Bertz CT molecular complexity index is 2130. The maximum Gasteiger partial charge on any atom is 0.320 e. The summed E-state index contributed by atoms with van der Waals surface area (Å²) in [5.74, 6) is 0.694. The van der Waals surface area contributed by atoms with Gasteiger partial charge in [0.25, 0.3) is 5.91 Å². The lowest BCUT2D eigenvalue weighted by Gasteiger charge is -2.37. The van der Waals surface area contributed by atoms with Gasteiger partial charge in [-0.15, -0.1) is 0 Å². The molecule has 4 aromatic rings. The average molecular weight is 763 g/mol. The van der Waals surface area contributed by atoms with Crippen molar-refractivity contribution >= 4 is 46.1 Å². The Morgan fingerprint density at radius 3 is 2.57 bits per heavy atom. The number of likely N-dealkylation sites (N-methyl/N-ethyl adjacent to an activating group) is 1. The molecular formula is C41H50N10O5. The fourth-order valence-corrected chi connectivity index (χ4v) is 9.65. The largest absolute Gasteiger partial charge is 0.374 e. The number of hydrogen-bond acceptors (Lipinski definition) is 11. The molecule has 15 heteroatoms. The predicted molar refractivity (Wildman–Crippen MR) is 210 cm³/mol. The van der Waals surface area contributed by atoms with Crippen LogP contribution < -0.4 is 21.3 Å². The highest BCUT2D eigenvalue weighted by Crippen LogP contribution is 2.39. The minimum absolute atomic E-state index is 0.0702. The number of rotatable bonds is 9. The smallest absolute Gasteiger partial charge is 0.320 e. The molecule has 4 atom stereocenters. The average Bonchev–Trinajstić information content (AvgIpc) is 3.91. The van der Waals surface area contributed by atoms with Gasteiger partial charge in [-0.05, 0) is 106 Å². The van der Waals surface area contributed by atoms with E-state index in [0.29, 0.717) is 48.6 Å². The van der Waals surface area contributed by atoms with Gasteiger partial charge in [-0.1, -0.05) is 23.4 Å². The normalized spacial score (nSPS) is 24.9. The van der Waals surface area contributed by atoms with E-state index in [1.54, 1.807) is 11.1 Å². The summed E-state index contributed by atoms with van der Waals surface area (Å²) in [6.45, 7) is 6.02. The molecule has 2 unspecified atom stereocenters. The number of carbonyl (C=O) groups is 3. The lowest BCUT2D eigenvalue weighted by Crippen LogP contribution is -2.49. The fourth-order valence-electron chi connectivity index (χ4n) is 9.65. The standard InChI is InChI=1S/C41H50N10O5/c1-48-17-18-51(41(48)55)29-3-2-14-50(23-29)33-21-43-36(38(42)53)39(45-33)44-28-7-4-25(5-8-28)26-12-15-49(16-13-26)22-24-19-27-6-9-30-35(47-56-37(30)32(27)20-24)31-10-11-34(52)46-40(31)54/h4-9,21,24,26,29,31,34,52H,2-3,10-20,22-23H2,1H3,(H2,42,53)(H,44,45)(H,46,54)/t24-,29+,31?,34?/m0/s1. The number of aliphatic hydroxyl groups excluding tert-OH is 1. The van der Waals surface area contributed by atoms with E-state index in [2.05, 4.69) is 54.8 Å². The summed E-state index contributed by atoms with van der Waals surface area (Å²) < 4.78 is 5.88. The van der Waals surface area contributed by atoms with Crippen molar-refractivity contribution in [3.63, 3.8) is 0 Å². The van der Waals surface area contributed by atoms with Gasteiger partial charge >= 0.3 is 6.03 Å². The van der Waals surface area contributed by atoms with Crippen molar-refractivity contribution in [1.29, 1.82) is 0 Å². The second-order valence-electron chi connectivity index (χ2n) is 16.3. The minimum Gasteiger partial charge on any atom is -0.374 e. The van der Waals surface area contributed by atoms with Crippen LogP contribution in [0.1, 0.15) is 83.2 Å². The number of anilines is 3. The van der Waals surface area contributed by atoms with Gasteiger partial charge in [-0.2, -0.15) is 0 Å². The first-order chi connectivity index (χ1) is 27.2. The molecule has 4 amide bonds. The quantitative estimate of drug-likeness (QED) is 0.195. The van der Waals surface area contributed by atoms with Crippen LogP contribution >= 0.6 is 0 Å². The van der Waals surface area contributed by atoms with Crippen LogP contribution in [0.4, 0.5) is 22.1 Å². The molecule has 0 spiro atoms. The van der Waals surface area contributed by atoms with Crippen LogP contribution in [0.5, 0.6) is 0 Å². The summed E-state index contributed by atoms with van der Waals surface area (Å²) in [6, 6.07) is 12.8. The van der Waals surface area contributed by atoms with Gasteiger partial charge in [0.2, 0.25) is 5.91 Å². The summed E-state index contributed by atoms with van der Waals surface area (Å²) in [4.78, 5) is 55.3. The zero-order valence-electron chi connectivity index (χ0n) is 31.8. The third-order valence-electron chi connectivity index (χ3n) is 12.7. The number of fused-ring (bicyclic) bond motifs is 3. The van der Waals surface area contributed by atoms with Gasteiger partial charge in [-0.25, -0.2) is 14.8 Å². The topological polar surface area (TPSA) is 186 Å². The molecule has 0 bridgehead atoms. The number of urea groups is 1. The SMILES string of the molecule is CN1CCN([C@@H]2CCCN(c3cnc(C(N)=O)c(Nc4ccc(C5CCN(C[C@H]6Cc7ccc8c(C9CCC(O)NC9=O)noc8c7C6)CC5)cc4)n3)C2)C1=O. The highest BCUT2D eigenvalue weighted by atomic mass is 16.5. The van der Waals surface area contributed by atoms with Crippen LogP contribution in [0.2, 0.25) is 0 Å². The number of hydrogen-bond donors (Lipinski definition) is 4. The molecule has 2 aromatic heterocycles. The predicted octanol–water partition coefficient (Wildman–Crippen LogP) is 3.70. The summed E-state index contributed by atoms with van der Waals surface area (Å²) in [7, 11) is 1.84. The molecule has 5 aliphatic rings. The number of nitrogens with one attached hydrogen (secondary N) is 2. The summed E-state index contributed by atoms with van der Waals surface area (Å²) in [5.41, 5.74) is 11.9. The highest BCUT2D eigenvalue weighted by Gasteiger charge is 2.36. The molecule has 0 saturated carbocycles. The molecule has 4 saturated heterocycles. The second kappa shape index (κ2) is 15.0. The molecule has 6 heterocycles. The van der Waals surface area contributed by atoms with Gasteiger partial charge in [0, 0.05) is 56.4 Å². The van der Waals surface area contributed by atoms with E-state index in [4.69, 9.17) is 15.2 Å². The van der Waals surface area contributed by atoms with Crippen molar-refractivity contribution < 1.29 is 24.0 Å². The monoisotopic (exact) mass is 762 g/mol. The molecule has 9 rings (SSSR count). The maximum atomic E-state index is 12.7. The Morgan fingerprint density at radius 1 is 1.00 bits per heavy atom. The van der Waals surface area contributed by atoms with Crippen LogP contribution in [0.15, 0.2) is 47.1 Å². The number of nitrogens with two attached hydrogens (primary N) is 1. The molecule has 15 nitrogen and oxygen atoms in total. The zero-order valence-corrected chi connectivity index (χ0v) is 31.8. The number of piperidine rings is 3. The van der Waals surface area contributed by atoms with Crippen molar-refractivity contribution in [3.05, 3.63) is 70.7 Å². The Morgan fingerprint density at radius 2 is 1.82 bits per heavy atom. The third kappa shape index (κ3) is 7.02. The van der Waals surface area contributed by atoms with Crippen LogP contribution in [0, 0.1) is 5.92 Å². The first kappa shape index (κ1) is 36.4. The number of carbonyl (C=O) groups excluding carboxylic acids is 3. The van der Waals surface area contributed by atoms with E-state index in [1.165, 1.54) is 16.7 Å². The third-order valence-corrected chi connectivity index (χ3v) is 12.7. The van der Waals surface area contributed by atoms with E-state index in [9.17, 15) is 19.5 Å². The Labute approximate surface area is 325 Å². The van der Waals surface area contributed by atoms with Gasteiger partial charge < -0.3 is 45.6 Å². The van der Waals surface area contributed by atoms with Crippen molar-refractivity contribution in [2.75, 3.05) is 63.1 Å². The number of amides is 4. The molecule has 4 aliphatic heterocycles. The minimum atomic E-state index is -0.794. The molecule has 2 aromatic carbocycles. The van der Waals surface area contributed by atoms with Crippen molar-refractivity contribution in [1.82, 2.24) is 35.1 Å². The lowest BCUT2D eigenvalue weighted by molar-refractivity contribution is -0.128. The number of likely N-dealkylation sites (tertiary alicyclic amines) is 1. The van der Waals surface area contributed by atoms with Gasteiger partial charge in [0.05, 0.1) is 18.2 Å². The van der Waals surface area contributed by atoms with Crippen molar-refractivity contribution in [2.45, 2.75) is 75.5 Å². The number of nitrogens with zero attached hydrogens (tertiary/aromatic N) is 7. The summed E-state index contributed by atoms with van der Waals surface area (Å²) in [5, 5.41) is 21.0. The van der Waals surface area contributed by atoms with Crippen LogP contribution in [-0.4, -0.2) is 118 Å². The zero-order chi connectivity index (χ0) is 38.5. The van der Waals surface area contributed by atoms with E-state index in [-0.39, 0.29) is 23.7 Å².